The number of hydrogen-bond donors (Lipinski definition) is 2. The molecule has 0 spiro atoms. The topological polar surface area (TPSA) is 92.7 Å². The molecule has 0 fully saturated rings. The Hall–Kier alpha value is -0.960. The van der Waals surface area contributed by atoms with E-state index in [1.807, 2.05) is 6.92 Å². The smallest absolute Gasteiger partial charge is 0.349 e. The Morgan fingerprint density at radius 1 is 1.58 bits per heavy atom. The van der Waals surface area contributed by atoms with Crippen LogP contribution in [-0.2, 0) is 14.8 Å². The van der Waals surface area contributed by atoms with Crippen LogP contribution in [0.5, 0.6) is 0 Å². The molecular weight excluding hydrogens is 290 g/mol. The third kappa shape index (κ3) is 4.27. The fraction of sp³-hybridized carbons (Fsp3) is 0.545. The number of hydrogen-bond acceptors (Lipinski definition) is 6. The van der Waals surface area contributed by atoms with Crippen molar-refractivity contribution in [2.24, 2.45) is 5.92 Å². The Balaban J connectivity index is 2.83. The second-order valence-corrected chi connectivity index (χ2v) is 6.73. The fourth-order valence-corrected chi connectivity index (χ4v) is 3.90. The number of sulfonamides is 1. The number of esters is 1. The van der Waals surface area contributed by atoms with E-state index in [-0.39, 0.29) is 28.8 Å². The molecule has 8 heteroatoms. The molecule has 0 radical (unpaired) electrons. The summed E-state index contributed by atoms with van der Waals surface area (Å²) in [6, 6.07) is 1.37. The molecule has 0 saturated carbocycles. The number of aliphatic hydroxyl groups is 1. The van der Waals surface area contributed by atoms with Crippen molar-refractivity contribution in [2.75, 3.05) is 20.3 Å². The minimum Gasteiger partial charge on any atom is -0.465 e. The zero-order valence-corrected chi connectivity index (χ0v) is 12.4. The molecule has 6 nitrogen and oxygen atoms in total. The summed E-state index contributed by atoms with van der Waals surface area (Å²) in [6.07, 6.45) is 0.510. The van der Waals surface area contributed by atoms with Gasteiger partial charge in [0.05, 0.1) is 7.11 Å². The molecule has 0 amide bonds. The van der Waals surface area contributed by atoms with Crippen molar-refractivity contribution < 1.29 is 23.1 Å². The molecular formula is C11H17NO5S2. The third-order valence-electron chi connectivity index (χ3n) is 2.53. The number of carbonyl (C=O) groups is 1. The lowest BCUT2D eigenvalue weighted by Crippen LogP contribution is -2.29. The number of carbonyl (C=O) groups excluding carboxylic acids is 1. The van der Waals surface area contributed by atoms with E-state index in [0.717, 1.165) is 11.3 Å². The third-order valence-corrected chi connectivity index (χ3v) is 5.02. The quantitative estimate of drug-likeness (QED) is 0.728. The van der Waals surface area contributed by atoms with Gasteiger partial charge in [-0.15, -0.1) is 11.3 Å². The first-order valence-corrected chi connectivity index (χ1v) is 8.05. The average Bonchev–Trinajstić information content (AvgIpc) is 2.86. The Labute approximate surface area is 116 Å². The molecule has 0 saturated heterocycles. The molecule has 19 heavy (non-hydrogen) atoms. The van der Waals surface area contributed by atoms with Gasteiger partial charge in [0.1, 0.15) is 9.77 Å². The summed E-state index contributed by atoms with van der Waals surface area (Å²) in [5.74, 6) is -0.654. The lowest BCUT2D eigenvalue weighted by atomic mass is 10.1. The van der Waals surface area contributed by atoms with E-state index >= 15 is 0 Å². The van der Waals surface area contributed by atoms with E-state index in [9.17, 15) is 13.2 Å². The van der Waals surface area contributed by atoms with Crippen molar-refractivity contribution in [3.8, 4) is 0 Å². The number of rotatable bonds is 7. The number of ether oxygens (including phenoxy) is 1. The molecule has 0 aliphatic heterocycles. The molecule has 0 aliphatic carbocycles. The molecule has 1 heterocycles. The van der Waals surface area contributed by atoms with Crippen LogP contribution in [0.15, 0.2) is 16.3 Å². The van der Waals surface area contributed by atoms with Crippen molar-refractivity contribution in [1.82, 2.24) is 4.72 Å². The van der Waals surface area contributed by atoms with Crippen LogP contribution < -0.4 is 4.72 Å². The zero-order valence-electron chi connectivity index (χ0n) is 10.8. The maximum absolute atomic E-state index is 12.1. The predicted molar refractivity (Wildman–Crippen MR) is 71.7 cm³/mol. The van der Waals surface area contributed by atoms with Gasteiger partial charge in [-0.05, 0) is 23.8 Å². The highest BCUT2D eigenvalue weighted by Gasteiger charge is 2.24. The van der Waals surface area contributed by atoms with Crippen LogP contribution in [0.2, 0.25) is 0 Å². The van der Waals surface area contributed by atoms with Gasteiger partial charge in [0.25, 0.3) is 0 Å². The van der Waals surface area contributed by atoms with Gasteiger partial charge >= 0.3 is 5.97 Å². The maximum atomic E-state index is 12.1. The predicted octanol–water partition coefficient (Wildman–Crippen LogP) is 0.832. The summed E-state index contributed by atoms with van der Waals surface area (Å²) < 4.78 is 31.1. The summed E-state index contributed by atoms with van der Waals surface area (Å²) in [4.78, 5) is 11.4. The van der Waals surface area contributed by atoms with Crippen molar-refractivity contribution in [2.45, 2.75) is 18.2 Å². The number of nitrogens with one attached hydrogen (secondary N) is 1. The summed E-state index contributed by atoms with van der Waals surface area (Å²) in [7, 11) is -2.53. The molecule has 0 aromatic carbocycles. The Morgan fingerprint density at radius 2 is 2.26 bits per heavy atom. The molecule has 0 bridgehead atoms. The highest BCUT2D eigenvalue weighted by molar-refractivity contribution is 7.89. The monoisotopic (exact) mass is 307 g/mol. The van der Waals surface area contributed by atoms with Gasteiger partial charge in [0.15, 0.2) is 0 Å². The van der Waals surface area contributed by atoms with Gasteiger partial charge in [-0.25, -0.2) is 17.9 Å². The van der Waals surface area contributed by atoms with Crippen LogP contribution in [0.3, 0.4) is 0 Å². The van der Waals surface area contributed by atoms with Gasteiger partial charge in [0, 0.05) is 13.2 Å². The second kappa shape index (κ2) is 6.99. The van der Waals surface area contributed by atoms with E-state index < -0.39 is 16.0 Å². The SMILES string of the molecule is COC(=O)c1sccc1S(=O)(=O)NCC(C)CCO. The van der Waals surface area contributed by atoms with Crippen molar-refractivity contribution in [1.29, 1.82) is 0 Å². The Morgan fingerprint density at radius 3 is 2.84 bits per heavy atom. The van der Waals surface area contributed by atoms with Gasteiger partial charge in [-0.2, -0.15) is 0 Å². The zero-order chi connectivity index (χ0) is 14.5. The first kappa shape index (κ1) is 16.1. The Kier molecular flexibility index (Phi) is 5.92. The lowest BCUT2D eigenvalue weighted by Gasteiger charge is -2.11. The van der Waals surface area contributed by atoms with Gasteiger partial charge in [-0.3, -0.25) is 0 Å². The van der Waals surface area contributed by atoms with E-state index in [4.69, 9.17) is 5.11 Å². The molecule has 2 N–H and O–H groups in total. The minimum atomic E-state index is -3.74. The highest BCUT2D eigenvalue weighted by Crippen LogP contribution is 2.22. The summed E-state index contributed by atoms with van der Waals surface area (Å²) in [5.41, 5.74) is 0. The largest absolute Gasteiger partial charge is 0.465 e. The highest BCUT2D eigenvalue weighted by atomic mass is 32.2. The van der Waals surface area contributed by atoms with E-state index in [1.165, 1.54) is 18.6 Å². The average molecular weight is 307 g/mol. The minimum absolute atomic E-state index is 0.00869. The van der Waals surface area contributed by atoms with Crippen LogP contribution in [0, 0.1) is 5.92 Å². The van der Waals surface area contributed by atoms with Crippen LogP contribution in [0.25, 0.3) is 0 Å². The number of thiophene rings is 1. The standard InChI is InChI=1S/C11H17NO5S2/c1-8(3-5-13)7-12-19(15,16)9-4-6-18-10(9)11(14)17-2/h4,6,8,12-13H,3,5,7H2,1-2H3. The first-order valence-electron chi connectivity index (χ1n) is 5.68. The van der Waals surface area contributed by atoms with Crippen LogP contribution in [0.4, 0.5) is 0 Å². The fourth-order valence-electron chi connectivity index (χ4n) is 1.40. The first-order chi connectivity index (χ1) is 8.92. The van der Waals surface area contributed by atoms with Crippen LogP contribution in [0.1, 0.15) is 23.0 Å². The molecule has 1 unspecified atom stereocenters. The molecule has 1 rings (SSSR count). The summed E-state index contributed by atoms with van der Waals surface area (Å²) in [6.45, 7) is 2.04. The second-order valence-electron chi connectivity index (χ2n) is 4.07. The van der Waals surface area contributed by atoms with Crippen LogP contribution in [-0.4, -0.2) is 39.8 Å². The molecule has 1 aromatic heterocycles. The molecule has 1 atom stereocenters. The van der Waals surface area contributed by atoms with Gasteiger partial charge in [-0.1, -0.05) is 6.92 Å². The van der Waals surface area contributed by atoms with E-state index in [0.29, 0.717) is 6.42 Å². The summed E-state index contributed by atoms with van der Waals surface area (Å²) >= 11 is 1.02. The Bertz CT molecular complexity index is 523. The van der Waals surface area contributed by atoms with E-state index in [2.05, 4.69) is 9.46 Å². The van der Waals surface area contributed by atoms with Crippen molar-refractivity contribution in [3.63, 3.8) is 0 Å². The van der Waals surface area contributed by atoms with E-state index in [1.54, 1.807) is 0 Å². The van der Waals surface area contributed by atoms with Crippen LogP contribution >= 0.6 is 11.3 Å². The normalized spacial score (nSPS) is 13.2. The van der Waals surface area contributed by atoms with Gasteiger partial charge in [0.2, 0.25) is 10.0 Å². The molecule has 1 aromatic rings. The summed E-state index contributed by atoms with van der Waals surface area (Å²) in [5, 5.41) is 10.3. The molecule has 108 valence electrons. The maximum Gasteiger partial charge on any atom is 0.349 e. The number of methoxy groups -OCH3 is 1. The number of aliphatic hydroxyl groups excluding tert-OH is 1. The van der Waals surface area contributed by atoms with Crippen molar-refractivity contribution >= 4 is 27.3 Å². The molecule has 0 aliphatic rings. The lowest BCUT2D eigenvalue weighted by molar-refractivity contribution is 0.0602. The van der Waals surface area contributed by atoms with Crippen molar-refractivity contribution in [3.05, 3.63) is 16.3 Å². The van der Waals surface area contributed by atoms with Gasteiger partial charge < -0.3 is 9.84 Å².